The molecule has 0 saturated carbocycles. The van der Waals surface area contributed by atoms with Crippen LogP contribution in [0.2, 0.25) is 0 Å². The smallest absolute Gasteiger partial charge is 0.295 e. The van der Waals surface area contributed by atoms with Crippen LogP contribution in [0, 0.1) is 0 Å². The maximum atomic E-state index is 11.8. The molecule has 0 aromatic rings. The number of halogens is 3. The summed E-state index contributed by atoms with van der Waals surface area (Å²) in [6.07, 6.45) is -3.36. The number of carbonyl (C=O) groups excluding carboxylic acids is 1. The number of alkyl halides is 3. The Morgan fingerprint density at radius 3 is 2.00 bits per heavy atom. The minimum Gasteiger partial charge on any atom is -0.295 e. The van der Waals surface area contributed by atoms with Gasteiger partial charge >= 0.3 is 6.18 Å². The minimum absolute atomic E-state index is 0.507. The first-order valence-electron chi connectivity index (χ1n) is 2.80. The Labute approximate surface area is 62.2 Å². The third kappa shape index (κ3) is 3.60. The highest BCUT2D eigenvalue weighted by Crippen LogP contribution is 2.25. The van der Waals surface area contributed by atoms with Crippen molar-refractivity contribution in [1.29, 1.82) is 0 Å². The molecule has 62 valence electrons. The lowest BCUT2D eigenvalue weighted by Crippen LogP contribution is -2.10. The van der Waals surface area contributed by atoms with Crippen LogP contribution in [0.1, 0.15) is 6.92 Å². The van der Waals surface area contributed by atoms with Crippen LogP contribution in [-0.4, -0.2) is 12.0 Å². The van der Waals surface area contributed by atoms with E-state index >= 15 is 0 Å². The van der Waals surface area contributed by atoms with Crippen LogP contribution in [0.4, 0.5) is 13.2 Å². The fourth-order valence-electron chi connectivity index (χ4n) is 0.475. The van der Waals surface area contributed by atoms with E-state index in [4.69, 9.17) is 0 Å². The van der Waals surface area contributed by atoms with Gasteiger partial charge in [0.15, 0.2) is 5.78 Å². The first-order valence-corrected chi connectivity index (χ1v) is 2.80. The van der Waals surface area contributed by atoms with Crippen LogP contribution in [0.5, 0.6) is 0 Å². The van der Waals surface area contributed by atoms with Gasteiger partial charge in [0.2, 0.25) is 0 Å². The third-order valence-corrected chi connectivity index (χ3v) is 0.906. The van der Waals surface area contributed by atoms with Crippen LogP contribution in [0.15, 0.2) is 24.3 Å². The molecule has 11 heavy (non-hydrogen) atoms. The van der Waals surface area contributed by atoms with E-state index in [1.165, 1.54) is 0 Å². The molecular formula is C7H7F3O. The Kier molecular flexibility index (Phi) is 3.04. The summed E-state index contributed by atoms with van der Waals surface area (Å²) in [5.74, 6) is -0.641. The number of hydrogen-bond acceptors (Lipinski definition) is 1. The normalized spacial score (nSPS) is 12.9. The van der Waals surface area contributed by atoms with Crippen LogP contribution in [0.3, 0.4) is 0 Å². The fraction of sp³-hybridized carbons (Fsp3) is 0.286. The van der Waals surface area contributed by atoms with Gasteiger partial charge in [-0.05, 0) is 13.0 Å². The number of carbonyl (C=O) groups is 1. The number of rotatable bonds is 2. The van der Waals surface area contributed by atoms with E-state index in [0.717, 1.165) is 6.92 Å². The molecule has 0 spiro atoms. The molecular weight excluding hydrogens is 157 g/mol. The maximum absolute atomic E-state index is 11.8. The largest absolute Gasteiger partial charge is 0.416 e. The highest BCUT2D eigenvalue weighted by Gasteiger charge is 2.31. The summed E-state index contributed by atoms with van der Waals surface area (Å²) in [5.41, 5.74) is -1.01. The van der Waals surface area contributed by atoms with Gasteiger partial charge in [0, 0.05) is 0 Å². The first-order chi connectivity index (χ1) is 4.88. The van der Waals surface area contributed by atoms with E-state index in [0.29, 0.717) is 12.2 Å². The summed E-state index contributed by atoms with van der Waals surface area (Å²) < 4.78 is 35.4. The third-order valence-electron chi connectivity index (χ3n) is 0.906. The van der Waals surface area contributed by atoms with Crippen LogP contribution in [0.25, 0.3) is 0 Å². The SMILES string of the molecule is C=C/C(=C\C(C)=O)C(F)(F)F. The van der Waals surface area contributed by atoms with Crippen molar-refractivity contribution in [3.8, 4) is 0 Å². The van der Waals surface area contributed by atoms with Crippen LogP contribution >= 0.6 is 0 Å². The van der Waals surface area contributed by atoms with Crippen LogP contribution < -0.4 is 0 Å². The fourth-order valence-corrected chi connectivity index (χ4v) is 0.475. The van der Waals surface area contributed by atoms with E-state index in [-0.39, 0.29) is 0 Å². The Bertz CT molecular complexity index is 200. The number of allylic oxidation sites excluding steroid dienone is 3. The van der Waals surface area contributed by atoms with Gasteiger partial charge in [-0.2, -0.15) is 13.2 Å². The zero-order valence-electron chi connectivity index (χ0n) is 5.90. The summed E-state index contributed by atoms with van der Waals surface area (Å²) in [4.78, 5) is 10.2. The highest BCUT2D eigenvalue weighted by molar-refractivity contribution is 5.88. The van der Waals surface area contributed by atoms with Crippen molar-refractivity contribution in [1.82, 2.24) is 0 Å². The van der Waals surface area contributed by atoms with Gasteiger partial charge in [0.25, 0.3) is 0 Å². The molecule has 0 fully saturated rings. The van der Waals surface area contributed by atoms with Crippen molar-refractivity contribution < 1.29 is 18.0 Å². The first kappa shape index (κ1) is 9.94. The predicted octanol–water partition coefficient (Wildman–Crippen LogP) is 2.25. The lowest BCUT2D eigenvalue weighted by molar-refractivity contribution is -0.114. The van der Waals surface area contributed by atoms with Gasteiger partial charge in [-0.3, -0.25) is 4.79 Å². The van der Waals surface area contributed by atoms with E-state index in [9.17, 15) is 18.0 Å². The second-order valence-electron chi connectivity index (χ2n) is 1.91. The maximum Gasteiger partial charge on any atom is 0.416 e. The van der Waals surface area contributed by atoms with Gasteiger partial charge in [-0.15, -0.1) is 0 Å². The zero-order chi connectivity index (χ0) is 9.07. The molecule has 0 aliphatic heterocycles. The van der Waals surface area contributed by atoms with Crippen LogP contribution in [-0.2, 0) is 4.79 Å². The van der Waals surface area contributed by atoms with E-state index in [2.05, 4.69) is 6.58 Å². The predicted molar refractivity (Wildman–Crippen MR) is 35.0 cm³/mol. The molecule has 0 aromatic carbocycles. The molecule has 0 bridgehead atoms. The molecule has 0 rings (SSSR count). The quantitative estimate of drug-likeness (QED) is 0.452. The molecule has 0 aliphatic carbocycles. The van der Waals surface area contributed by atoms with Crippen molar-refractivity contribution in [3.05, 3.63) is 24.3 Å². The molecule has 0 amide bonds. The lowest BCUT2D eigenvalue weighted by Gasteiger charge is -2.04. The summed E-state index contributed by atoms with van der Waals surface area (Å²) >= 11 is 0. The standard InChI is InChI=1S/C7H7F3O/c1-3-6(4-5(2)11)7(8,9)10/h3-4H,1H2,2H3/b6-4+. The van der Waals surface area contributed by atoms with E-state index in [1.54, 1.807) is 0 Å². The number of ketones is 1. The molecule has 0 heterocycles. The summed E-state index contributed by atoms with van der Waals surface area (Å²) in [7, 11) is 0. The molecule has 4 heteroatoms. The van der Waals surface area contributed by atoms with Gasteiger partial charge in [-0.1, -0.05) is 12.7 Å². The Morgan fingerprint density at radius 1 is 1.45 bits per heavy atom. The van der Waals surface area contributed by atoms with Crippen molar-refractivity contribution in [2.45, 2.75) is 13.1 Å². The molecule has 0 radical (unpaired) electrons. The van der Waals surface area contributed by atoms with Crippen molar-refractivity contribution in [3.63, 3.8) is 0 Å². The minimum atomic E-state index is -4.48. The Morgan fingerprint density at radius 2 is 1.91 bits per heavy atom. The Balaban J connectivity index is 4.68. The monoisotopic (exact) mass is 164 g/mol. The molecule has 1 nitrogen and oxygen atoms in total. The highest BCUT2D eigenvalue weighted by atomic mass is 19.4. The molecule has 0 saturated heterocycles. The topological polar surface area (TPSA) is 17.1 Å². The molecule has 0 atom stereocenters. The average molecular weight is 164 g/mol. The summed E-state index contributed by atoms with van der Waals surface area (Å²) in [6.45, 7) is 3.99. The van der Waals surface area contributed by atoms with Gasteiger partial charge < -0.3 is 0 Å². The van der Waals surface area contributed by atoms with Gasteiger partial charge in [0.1, 0.15) is 0 Å². The van der Waals surface area contributed by atoms with Gasteiger partial charge in [0.05, 0.1) is 5.57 Å². The summed E-state index contributed by atoms with van der Waals surface area (Å²) in [6, 6.07) is 0. The van der Waals surface area contributed by atoms with Crippen molar-refractivity contribution in [2.24, 2.45) is 0 Å². The second-order valence-corrected chi connectivity index (χ2v) is 1.91. The molecule has 0 aliphatic rings. The molecule has 0 N–H and O–H groups in total. The summed E-state index contributed by atoms with van der Waals surface area (Å²) in [5, 5.41) is 0. The molecule has 0 unspecified atom stereocenters. The lowest BCUT2D eigenvalue weighted by atomic mass is 10.2. The van der Waals surface area contributed by atoms with Crippen molar-refractivity contribution in [2.75, 3.05) is 0 Å². The zero-order valence-corrected chi connectivity index (χ0v) is 5.90. The van der Waals surface area contributed by atoms with E-state index in [1.807, 2.05) is 0 Å². The van der Waals surface area contributed by atoms with Crippen molar-refractivity contribution >= 4 is 5.78 Å². The molecule has 0 aromatic heterocycles. The van der Waals surface area contributed by atoms with Gasteiger partial charge in [-0.25, -0.2) is 0 Å². The number of hydrogen-bond donors (Lipinski definition) is 0. The average Bonchev–Trinajstić information content (AvgIpc) is 1.79. The van der Waals surface area contributed by atoms with E-state index < -0.39 is 17.5 Å². The second kappa shape index (κ2) is 3.37. The Hall–Kier alpha value is -1.06.